The number of hydrogen-bond donors (Lipinski definition) is 2. The van der Waals surface area contributed by atoms with Gasteiger partial charge in [0, 0.05) is 18.7 Å². The average molecular weight is 231 g/mol. The van der Waals surface area contributed by atoms with Crippen molar-refractivity contribution < 1.29 is 9.50 Å². The first-order chi connectivity index (χ1) is 8.25. The molecular weight excluding hydrogens is 217 g/mol. The fourth-order valence-electron chi connectivity index (χ4n) is 1.63. The fourth-order valence-corrected chi connectivity index (χ4v) is 1.63. The maximum absolute atomic E-state index is 13.0. The molecule has 0 spiro atoms. The summed E-state index contributed by atoms with van der Waals surface area (Å²) >= 11 is 0. The van der Waals surface area contributed by atoms with E-state index < -0.39 is 0 Å². The summed E-state index contributed by atoms with van der Waals surface area (Å²) in [6, 6.07) is 13.9. The van der Waals surface area contributed by atoms with Gasteiger partial charge in [0.05, 0.1) is 0 Å². The van der Waals surface area contributed by atoms with Gasteiger partial charge in [0.1, 0.15) is 11.6 Å². The van der Waals surface area contributed by atoms with E-state index in [1.807, 2.05) is 30.3 Å². The lowest BCUT2D eigenvalue weighted by atomic mass is 10.2. The van der Waals surface area contributed by atoms with Crippen LogP contribution in [0, 0.1) is 5.82 Å². The van der Waals surface area contributed by atoms with E-state index in [-0.39, 0.29) is 11.6 Å². The van der Waals surface area contributed by atoms with Crippen molar-refractivity contribution in [1.82, 2.24) is 5.32 Å². The summed E-state index contributed by atoms with van der Waals surface area (Å²) in [5, 5.41) is 12.7. The van der Waals surface area contributed by atoms with Crippen molar-refractivity contribution in [3.63, 3.8) is 0 Å². The van der Waals surface area contributed by atoms with Gasteiger partial charge < -0.3 is 10.4 Å². The van der Waals surface area contributed by atoms with Gasteiger partial charge in [-0.2, -0.15) is 0 Å². The maximum atomic E-state index is 13.0. The Kier molecular flexibility index (Phi) is 3.73. The Balaban J connectivity index is 1.92. The van der Waals surface area contributed by atoms with E-state index >= 15 is 0 Å². The van der Waals surface area contributed by atoms with Crippen molar-refractivity contribution in [3.05, 3.63) is 65.5 Å². The number of hydrogen-bond acceptors (Lipinski definition) is 2. The second-order valence-electron chi connectivity index (χ2n) is 3.86. The van der Waals surface area contributed by atoms with E-state index in [0.29, 0.717) is 18.7 Å². The van der Waals surface area contributed by atoms with E-state index in [2.05, 4.69) is 5.32 Å². The Morgan fingerprint density at radius 3 is 2.53 bits per heavy atom. The molecule has 0 amide bonds. The topological polar surface area (TPSA) is 32.3 Å². The lowest BCUT2D eigenvalue weighted by Gasteiger charge is -2.07. The van der Waals surface area contributed by atoms with Gasteiger partial charge in [-0.15, -0.1) is 0 Å². The second-order valence-corrected chi connectivity index (χ2v) is 3.86. The molecule has 17 heavy (non-hydrogen) atoms. The predicted octanol–water partition coefficient (Wildman–Crippen LogP) is 2.82. The van der Waals surface area contributed by atoms with Crippen LogP contribution in [0.5, 0.6) is 5.75 Å². The maximum Gasteiger partial charge on any atom is 0.123 e. The van der Waals surface area contributed by atoms with Crippen molar-refractivity contribution in [1.29, 1.82) is 0 Å². The smallest absolute Gasteiger partial charge is 0.123 e. The van der Waals surface area contributed by atoms with Gasteiger partial charge in [0.2, 0.25) is 0 Å². The highest BCUT2D eigenvalue weighted by Crippen LogP contribution is 2.17. The van der Waals surface area contributed by atoms with Gasteiger partial charge in [0.25, 0.3) is 0 Å². The van der Waals surface area contributed by atoms with Gasteiger partial charge in [0.15, 0.2) is 0 Å². The molecule has 0 bridgehead atoms. The third kappa shape index (κ3) is 3.29. The summed E-state index contributed by atoms with van der Waals surface area (Å²) in [6.07, 6.45) is 0. The van der Waals surface area contributed by atoms with Gasteiger partial charge in [-0.05, 0) is 23.8 Å². The first-order valence-electron chi connectivity index (χ1n) is 5.48. The summed E-state index contributed by atoms with van der Waals surface area (Å²) in [5.74, 6) is -0.216. The third-order valence-corrected chi connectivity index (χ3v) is 2.53. The van der Waals surface area contributed by atoms with Gasteiger partial charge in [-0.25, -0.2) is 4.39 Å². The molecule has 3 heteroatoms. The Morgan fingerprint density at radius 1 is 1.00 bits per heavy atom. The SMILES string of the molecule is Oc1ccc(F)cc1CNCc1ccccc1. The lowest BCUT2D eigenvalue weighted by Crippen LogP contribution is -2.12. The summed E-state index contributed by atoms with van der Waals surface area (Å²) in [5.41, 5.74) is 1.73. The molecule has 0 unspecified atom stereocenters. The van der Waals surface area contributed by atoms with Crippen LogP contribution in [0.3, 0.4) is 0 Å². The number of halogens is 1. The third-order valence-electron chi connectivity index (χ3n) is 2.53. The number of aromatic hydroxyl groups is 1. The van der Waals surface area contributed by atoms with Crippen LogP contribution in [0.4, 0.5) is 4.39 Å². The number of phenolic OH excluding ortho intramolecular Hbond substituents is 1. The second kappa shape index (κ2) is 5.46. The minimum Gasteiger partial charge on any atom is -0.508 e. The van der Waals surface area contributed by atoms with Crippen LogP contribution in [-0.4, -0.2) is 5.11 Å². The zero-order chi connectivity index (χ0) is 12.1. The van der Waals surface area contributed by atoms with Gasteiger partial charge in [-0.1, -0.05) is 30.3 Å². The lowest BCUT2D eigenvalue weighted by molar-refractivity contribution is 0.461. The number of nitrogens with one attached hydrogen (secondary N) is 1. The Hall–Kier alpha value is -1.87. The normalized spacial score (nSPS) is 10.4. The van der Waals surface area contributed by atoms with E-state index in [1.165, 1.54) is 18.2 Å². The molecule has 0 aliphatic rings. The van der Waals surface area contributed by atoms with E-state index in [9.17, 15) is 9.50 Å². The van der Waals surface area contributed by atoms with Crippen molar-refractivity contribution in [2.24, 2.45) is 0 Å². The molecule has 0 aromatic heterocycles. The van der Waals surface area contributed by atoms with Crippen LogP contribution < -0.4 is 5.32 Å². The van der Waals surface area contributed by atoms with Gasteiger partial charge >= 0.3 is 0 Å². The standard InChI is InChI=1S/C14H14FNO/c15-13-6-7-14(17)12(8-13)10-16-9-11-4-2-1-3-5-11/h1-8,16-17H,9-10H2. The number of phenols is 1. The predicted molar refractivity (Wildman–Crippen MR) is 65.1 cm³/mol. The molecule has 2 aromatic carbocycles. The van der Waals surface area contributed by atoms with Crippen LogP contribution in [0.25, 0.3) is 0 Å². The molecule has 0 aliphatic carbocycles. The minimum atomic E-state index is -0.334. The molecule has 0 radical (unpaired) electrons. The van der Waals surface area contributed by atoms with Crippen LogP contribution in [-0.2, 0) is 13.1 Å². The summed E-state index contributed by atoms with van der Waals surface area (Å²) < 4.78 is 13.0. The molecule has 0 saturated heterocycles. The van der Waals surface area contributed by atoms with Gasteiger partial charge in [-0.3, -0.25) is 0 Å². The molecule has 88 valence electrons. The van der Waals surface area contributed by atoms with E-state index in [4.69, 9.17) is 0 Å². The van der Waals surface area contributed by atoms with Crippen LogP contribution in [0.15, 0.2) is 48.5 Å². The average Bonchev–Trinajstić information content (AvgIpc) is 2.35. The molecule has 2 aromatic rings. The zero-order valence-corrected chi connectivity index (χ0v) is 9.36. The van der Waals surface area contributed by atoms with Crippen molar-refractivity contribution in [2.75, 3.05) is 0 Å². The van der Waals surface area contributed by atoms with Crippen LogP contribution >= 0.6 is 0 Å². The largest absolute Gasteiger partial charge is 0.508 e. The van der Waals surface area contributed by atoms with E-state index in [0.717, 1.165) is 5.56 Å². The monoisotopic (exact) mass is 231 g/mol. The highest BCUT2D eigenvalue weighted by atomic mass is 19.1. The van der Waals surface area contributed by atoms with Crippen LogP contribution in [0.1, 0.15) is 11.1 Å². The minimum absolute atomic E-state index is 0.118. The van der Waals surface area contributed by atoms with E-state index in [1.54, 1.807) is 0 Å². The zero-order valence-electron chi connectivity index (χ0n) is 9.36. The summed E-state index contributed by atoms with van der Waals surface area (Å²) in [7, 11) is 0. The molecule has 2 rings (SSSR count). The van der Waals surface area contributed by atoms with Crippen molar-refractivity contribution in [3.8, 4) is 5.75 Å². The quantitative estimate of drug-likeness (QED) is 0.848. The first kappa shape index (κ1) is 11.6. The molecular formula is C14H14FNO. The highest BCUT2D eigenvalue weighted by Gasteiger charge is 2.02. The van der Waals surface area contributed by atoms with Crippen molar-refractivity contribution in [2.45, 2.75) is 13.1 Å². The van der Waals surface area contributed by atoms with Crippen molar-refractivity contribution >= 4 is 0 Å². The molecule has 2 nitrogen and oxygen atoms in total. The molecule has 0 fully saturated rings. The van der Waals surface area contributed by atoms with Crippen LogP contribution in [0.2, 0.25) is 0 Å². The molecule has 2 N–H and O–H groups in total. The molecule has 0 aliphatic heterocycles. The first-order valence-corrected chi connectivity index (χ1v) is 5.48. The fraction of sp³-hybridized carbons (Fsp3) is 0.143. The highest BCUT2D eigenvalue weighted by molar-refractivity contribution is 5.32. The summed E-state index contributed by atoms with van der Waals surface area (Å²) in [4.78, 5) is 0. The molecule has 0 heterocycles. The number of benzene rings is 2. The Labute approximate surface area is 99.7 Å². The molecule has 0 atom stereocenters. The number of rotatable bonds is 4. The molecule has 0 saturated carbocycles. The summed E-state index contributed by atoms with van der Waals surface area (Å²) in [6.45, 7) is 1.13. The Morgan fingerprint density at radius 2 is 1.76 bits per heavy atom. The Bertz CT molecular complexity index is 485.